The molecule has 1 aromatic carbocycles. The van der Waals surface area contributed by atoms with Gasteiger partial charge in [0.1, 0.15) is 5.25 Å². The second-order valence-electron chi connectivity index (χ2n) is 6.67. The monoisotopic (exact) mass is 379 g/mol. The fraction of sp³-hybridized carbons (Fsp3) is 0.421. The van der Waals surface area contributed by atoms with Gasteiger partial charge < -0.3 is 5.32 Å². The first-order valence-electron chi connectivity index (χ1n) is 8.38. The average molecular weight is 380 g/mol. The molecule has 136 valence electrons. The molecule has 6 heteroatoms. The van der Waals surface area contributed by atoms with E-state index in [4.69, 9.17) is 0 Å². The molecule has 1 atom stereocenters. The molecule has 0 aliphatic heterocycles. The second kappa shape index (κ2) is 8.15. The number of hydrogen-bond acceptors (Lipinski definition) is 4. The molecule has 1 aromatic heterocycles. The van der Waals surface area contributed by atoms with Crippen LogP contribution in [0.15, 0.2) is 46.7 Å². The third-order valence-corrected chi connectivity index (χ3v) is 7.33. The van der Waals surface area contributed by atoms with Gasteiger partial charge in [0.15, 0.2) is 9.84 Å². The number of rotatable bonds is 7. The van der Waals surface area contributed by atoms with Gasteiger partial charge in [-0.2, -0.15) is 0 Å². The zero-order chi connectivity index (χ0) is 18.6. The van der Waals surface area contributed by atoms with Gasteiger partial charge in [0.25, 0.3) is 0 Å². The van der Waals surface area contributed by atoms with Crippen molar-refractivity contribution in [2.45, 2.75) is 43.8 Å². The Balaban J connectivity index is 2.33. The second-order valence-corrected chi connectivity index (χ2v) is 9.78. The third-order valence-electron chi connectivity index (χ3n) is 4.10. The molecule has 0 aliphatic rings. The number of thiophene rings is 1. The van der Waals surface area contributed by atoms with Crippen molar-refractivity contribution >= 4 is 27.1 Å². The van der Waals surface area contributed by atoms with Crippen molar-refractivity contribution in [1.82, 2.24) is 5.32 Å². The topological polar surface area (TPSA) is 63.2 Å². The minimum absolute atomic E-state index is 0.0752. The van der Waals surface area contributed by atoms with Crippen LogP contribution in [0.1, 0.15) is 49.3 Å². The lowest BCUT2D eigenvalue weighted by molar-refractivity contribution is -0.123. The Kier molecular flexibility index (Phi) is 6.41. The first kappa shape index (κ1) is 19.7. The highest BCUT2D eigenvalue weighted by Gasteiger charge is 2.30. The summed E-state index contributed by atoms with van der Waals surface area (Å²) in [5.74, 6) is 0.0131. The van der Waals surface area contributed by atoms with E-state index in [2.05, 4.69) is 19.2 Å². The summed E-state index contributed by atoms with van der Waals surface area (Å²) in [6.45, 7) is 7.79. The molecule has 1 heterocycles. The van der Waals surface area contributed by atoms with Crippen LogP contribution < -0.4 is 5.32 Å². The van der Waals surface area contributed by atoms with E-state index in [9.17, 15) is 13.2 Å². The van der Waals surface area contributed by atoms with Gasteiger partial charge in [-0.25, -0.2) is 8.42 Å². The van der Waals surface area contributed by atoms with Crippen LogP contribution in [0.2, 0.25) is 0 Å². The van der Waals surface area contributed by atoms with E-state index in [1.165, 1.54) is 11.3 Å². The molecule has 2 rings (SSSR count). The summed E-state index contributed by atoms with van der Waals surface area (Å²) in [6, 6.07) is 10.7. The molecule has 0 saturated heterocycles. The van der Waals surface area contributed by atoms with Gasteiger partial charge in [0, 0.05) is 17.3 Å². The van der Waals surface area contributed by atoms with E-state index in [0.29, 0.717) is 5.92 Å². The highest BCUT2D eigenvalue weighted by Crippen LogP contribution is 2.32. The van der Waals surface area contributed by atoms with E-state index in [-0.39, 0.29) is 23.3 Å². The number of benzene rings is 1. The van der Waals surface area contributed by atoms with E-state index < -0.39 is 15.1 Å². The fourth-order valence-electron chi connectivity index (χ4n) is 2.44. The fourth-order valence-corrected chi connectivity index (χ4v) is 5.23. The molecule has 0 unspecified atom stereocenters. The molecule has 0 saturated carbocycles. The molecule has 4 nitrogen and oxygen atoms in total. The minimum atomic E-state index is -3.59. The first-order valence-corrected chi connectivity index (χ1v) is 10.8. The maximum Gasteiger partial charge on any atom is 0.222 e. The van der Waals surface area contributed by atoms with Crippen LogP contribution in [0.25, 0.3) is 0 Å². The molecular weight excluding hydrogens is 354 g/mol. The van der Waals surface area contributed by atoms with Crippen molar-refractivity contribution < 1.29 is 13.2 Å². The molecule has 1 N–H and O–H groups in total. The Morgan fingerprint density at radius 3 is 2.20 bits per heavy atom. The smallest absolute Gasteiger partial charge is 0.222 e. The van der Waals surface area contributed by atoms with Crippen LogP contribution in [0, 0.1) is 5.92 Å². The zero-order valence-electron chi connectivity index (χ0n) is 15.0. The number of hydrogen-bond donors (Lipinski definition) is 1. The van der Waals surface area contributed by atoms with Crippen LogP contribution in [0.3, 0.4) is 0 Å². The number of nitrogens with one attached hydrogen (secondary N) is 1. The van der Waals surface area contributed by atoms with Crippen LogP contribution >= 0.6 is 11.3 Å². The van der Waals surface area contributed by atoms with Crippen LogP contribution in [-0.2, 0) is 14.6 Å². The van der Waals surface area contributed by atoms with Crippen molar-refractivity contribution in [2.75, 3.05) is 6.54 Å². The molecular formula is C19H25NO3S2. The summed E-state index contributed by atoms with van der Waals surface area (Å²) in [5, 5.41) is 3.84. The zero-order valence-corrected chi connectivity index (χ0v) is 16.7. The van der Waals surface area contributed by atoms with Crippen LogP contribution in [0.5, 0.6) is 0 Å². The maximum atomic E-state index is 13.1. The highest BCUT2D eigenvalue weighted by atomic mass is 32.2. The highest BCUT2D eigenvalue weighted by molar-refractivity contribution is 7.91. The Morgan fingerprint density at radius 1 is 1.08 bits per heavy atom. The maximum absolute atomic E-state index is 13.1. The van der Waals surface area contributed by atoms with Crippen LogP contribution in [-0.4, -0.2) is 20.9 Å². The van der Waals surface area contributed by atoms with Crippen molar-refractivity contribution in [3.8, 4) is 0 Å². The van der Waals surface area contributed by atoms with Gasteiger partial charge in [-0.15, -0.1) is 11.3 Å². The summed E-state index contributed by atoms with van der Waals surface area (Å²) in [6.07, 6.45) is 0. The van der Waals surface area contributed by atoms with Gasteiger partial charge in [-0.05, 0) is 35.1 Å². The summed E-state index contributed by atoms with van der Waals surface area (Å²) >= 11 is 1.39. The van der Waals surface area contributed by atoms with E-state index in [1.807, 2.05) is 23.6 Å². The average Bonchev–Trinajstić information content (AvgIpc) is 3.08. The normalized spacial score (nSPS) is 13.2. The molecule has 0 radical (unpaired) electrons. The number of amides is 1. The number of carbonyl (C=O) groups is 1. The predicted octanol–water partition coefficient (Wildman–Crippen LogP) is 4.16. The Hall–Kier alpha value is -1.66. The molecule has 0 spiro atoms. The molecule has 2 aromatic rings. The van der Waals surface area contributed by atoms with Crippen molar-refractivity contribution in [1.29, 1.82) is 0 Å². The molecule has 25 heavy (non-hydrogen) atoms. The van der Waals surface area contributed by atoms with Gasteiger partial charge in [0.2, 0.25) is 5.91 Å². The van der Waals surface area contributed by atoms with E-state index in [1.54, 1.807) is 32.0 Å². The Morgan fingerprint density at radius 2 is 1.72 bits per heavy atom. The van der Waals surface area contributed by atoms with Crippen molar-refractivity contribution in [3.05, 3.63) is 52.2 Å². The largest absolute Gasteiger partial charge is 0.354 e. The minimum Gasteiger partial charge on any atom is -0.354 e. The standard InChI is InChI=1S/C19H25NO3S2/c1-13(2)15-7-9-16(10-8-15)25(22,23)18(17-6-5-11-24-17)12-20-19(21)14(3)4/h5-11,13-14,18H,12H2,1-4H3,(H,20,21)/t18-/m0/s1. The lowest BCUT2D eigenvalue weighted by atomic mass is 10.0. The molecule has 0 fully saturated rings. The van der Waals surface area contributed by atoms with Gasteiger partial charge in [0.05, 0.1) is 4.90 Å². The quantitative estimate of drug-likeness (QED) is 0.786. The lowest BCUT2D eigenvalue weighted by Gasteiger charge is -2.18. The van der Waals surface area contributed by atoms with Crippen molar-refractivity contribution in [2.24, 2.45) is 5.92 Å². The summed E-state index contributed by atoms with van der Waals surface area (Å²) < 4.78 is 26.3. The molecule has 1 amide bonds. The van der Waals surface area contributed by atoms with Gasteiger partial charge >= 0.3 is 0 Å². The summed E-state index contributed by atoms with van der Waals surface area (Å²) in [7, 11) is -3.59. The Bertz CT molecular complexity index is 792. The Labute approximate surface area is 154 Å². The molecule has 0 aliphatic carbocycles. The van der Waals surface area contributed by atoms with Crippen LogP contribution in [0.4, 0.5) is 0 Å². The number of sulfone groups is 1. The van der Waals surface area contributed by atoms with Gasteiger partial charge in [-0.1, -0.05) is 45.9 Å². The number of carbonyl (C=O) groups excluding carboxylic acids is 1. The summed E-state index contributed by atoms with van der Waals surface area (Å²) in [4.78, 5) is 12.9. The van der Waals surface area contributed by atoms with E-state index in [0.717, 1.165) is 10.4 Å². The SMILES string of the molecule is CC(C)C(=O)NC[C@@H](c1cccs1)S(=O)(=O)c1ccc(C(C)C)cc1. The summed E-state index contributed by atoms with van der Waals surface area (Å²) in [5.41, 5.74) is 1.10. The van der Waals surface area contributed by atoms with E-state index >= 15 is 0 Å². The first-order chi connectivity index (χ1) is 11.7. The third kappa shape index (κ3) is 4.70. The molecule has 0 bridgehead atoms. The lowest BCUT2D eigenvalue weighted by Crippen LogP contribution is -2.34. The van der Waals surface area contributed by atoms with Crippen molar-refractivity contribution in [3.63, 3.8) is 0 Å². The van der Waals surface area contributed by atoms with Gasteiger partial charge in [-0.3, -0.25) is 4.79 Å². The predicted molar refractivity (Wildman–Crippen MR) is 103 cm³/mol.